The van der Waals surface area contributed by atoms with E-state index >= 15 is 0 Å². The lowest BCUT2D eigenvalue weighted by atomic mass is 9.87. The number of fused-ring (bicyclic) bond motifs is 1. The molecule has 1 aromatic carbocycles. The summed E-state index contributed by atoms with van der Waals surface area (Å²) >= 11 is 0.959. The molecule has 2 aromatic rings. The van der Waals surface area contributed by atoms with E-state index in [2.05, 4.69) is 4.90 Å². The Morgan fingerprint density at radius 2 is 1.75 bits per heavy atom. The molecule has 0 amide bonds. The summed E-state index contributed by atoms with van der Waals surface area (Å²) in [5, 5.41) is 11.7. The Hall–Kier alpha value is -2.29. The molecule has 1 aliphatic heterocycles. The highest BCUT2D eigenvalue weighted by molar-refractivity contribution is 7.86. The molecular weight excluding hydrogens is 523 g/mol. The minimum absolute atomic E-state index is 0.0639. The summed E-state index contributed by atoms with van der Waals surface area (Å²) in [6.45, 7) is 3.41. The van der Waals surface area contributed by atoms with Gasteiger partial charge in [0.05, 0.1) is 27.8 Å². The maximum Gasteiger partial charge on any atom is 0.416 e. The van der Waals surface area contributed by atoms with E-state index < -0.39 is 37.9 Å². The number of hydrogen-bond acceptors (Lipinski definition) is 9. The fourth-order valence-electron chi connectivity index (χ4n) is 4.86. The van der Waals surface area contributed by atoms with Gasteiger partial charge in [0.15, 0.2) is 5.43 Å². The Bertz CT molecular complexity index is 1300. The molecular formula is C22H26F3N3O6S2. The number of alkyl halides is 3. The van der Waals surface area contributed by atoms with Crippen molar-refractivity contribution in [1.82, 2.24) is 4.90 Å². The molecule has 4 rings (SSSR count). The predicted octanol–water partition coefficient (Wildman–Crippen LogP) is 3.85. The standard InChI is InChI=1S/C22H26F3N3O6S2/c1-36(32,33)34-16-4-2-14(3-5-16)13-26-6-8-27(9-7-26)20-12-19(29)17-10-15(22(23,24)25)11-18(28(30)31)21(17)35-20/h10-12,14,16H,2-9,13H2,1H3. The van der Waals surface area contributed by atoms with Crippen LogP contribution in [0.5, 0.6) is 0 Å². The van der Waals surface area contributed by atoms with E-state index in [1.807, 2.05) is 4.90 Å². The van der Waals surface area contributed by atoms with Crippen LogP contribution in [0.15, 0.2) is 23.0 Å². The average molecular weight is 550 g/mol. The molecule has 1 aliphatic carbocycles. The molecule has 2 fully saturated rings. The maximum atomic E-state index is 13.2. The number of benzene rings is 1. The van der Waals surface area contributed by atoms with Crippen LogP contribution in [0.25, 0.3) is 10.1 Å². The van der Waals surface area contributed by atoms with Crippen molar-refractivity contribution < 1.29 is 30.7 Å². The third-order valence-corrected chi connectivity index (χ3v) is 8.47. The second-order valence-corrected chi connectivity index (χ2v) is 11.9. The molecule has 0 bridgehead atoms. The van der Waals surface area contributed by atoms with Crippen LogP contribution < -0.4 is 10.3 Å². The number of rotatable bonds is 6. The lowest BCUT2D eigenvalue weighted by Crippen LogP contribution is -2.48. The van der Waals surface area contributed by atoms with Crippen molar-refractivity contribution in [1.29, 1.82) is 0 Å². The van der Waals surface area contributed by atoms with Crippen LogP contribution in [0, 0.1) is 16.0 Å². The first-order valence-corrected chi connectivity index (χ1v) is 14.1. The quantitative estimate of drug-likeness (QED) is 0.304. The van der Waals surface area contributed by atoms with Crippen molar-refractivity contribution in [2.75, 3.05) is 43.9 Å². The van der Waals surface area contributed by atoms with Gasteiger partial charge in [-0.3, -0.25) is 24.0 Å². The van der Waals surface area contributed by atoms with E-state index in [0.717, 1.165) is 37.0 Å². The van der Waals surface area contributed by atoms with Crippen LogP contribution in [0.4, 0.5) is 23.9 Å². The summed E-state index contributed by atoms with van der Waals surface area (Å²) < 4.78 is 67.2. The molecule has 0 spiro atoms. The fourth-order valence-corrected chi connectivity index (χ4v) is 6.74. The van der Waals surface area contributed by atoms with Gasteiger partial charge < -0.3 is 4.90 Å². The van der Waals surface area contributed by atoms with E-state index in [1.165, 1.54) is 6.07 Å². The van der Waals surface area contributed by atoms with Crippen LogP contribution >= 0.6 is 11.3 Å². The molecule has 0 unspecified atom stereocenters. The Morgan fingerprint density at radius 1 is 1.11 bits per heavy atom. The number of nitrogens with zero attached hydrogens (tertiary/aromatic N) is 3. The summed E-state index contributed by atoms with van der Waals surface area (Å²) in [7, 11) is -3.46. The lowest BCUT2D eigenvalue weighted by Gasteiger charge is -2.38. The number of nitro groups is 1. The van der Waals surface area contributed by atoms with E-state index in [0.29, 0.717) is 62.1 Å². The van der Waals surface area contributed by atoms with Crippen molar-refractivity contribution >= 4 is 42.2 Å². The largest absolute Gasteiger partial charge is 0.416 e. The molecule has 2 heterocycles. The van der Waals surface area contributed by atoms with Crippen LogP contribution in [-0.2, 0) is 20.5 Å². The van der Waals surface area contributed by atoms with Gasteiger partial charge in [0, 0.05) is 50.2 Å². The molecule has 0 N–H and O–H groups in total. The molecule has 1 aromatic heterocycles. The third-order valence-electron chi connectivity index (χ3n) is 6.63. The molecule has 0 atom stereocenters. The van der Waals surface area contributed by atoms with Crippen molar-refractivity contribution in [2.45, 2.75) is 38.0 Å². The Labute approximate surface area is 209 Å². The van der Waals surface area contributed by atoms with E-state index in [4.69, 9.17) is 4.18 Å². The van der Waals surface area contributed by atoms with Gasteiger partial charge in [-0.05, 0) is 37.7 Å². The average Bonchev–Trinajstić information content (AvgIpc) is 2.78. The van der Waals surface area contributed by atoms with Gasteiger partial charge in [0.2, 0.25) is 0 Å². The van der Waals surface area contributed by atoms with Gasteiger partial charge in [-0.15, -0.1) is 11.3 Å². The van der Waals surface area contributed by atoms with Crippen molar-refractivity contribution in [3.8, 4) is 0 Å². The van der Waals surface area contributed by atoms with Crippen LogP contribution in [0.2, 0.25) is 0 Å². The fraction of sp³-hybridized carbons (Fsp3) is 0.591. The number of anilines is 1. The van der Waals surface area contributed by atoms with E-state index in [1.54, 1.807) is 0 Å². The SMILES string of the molecule is CS(=O)(=O)OC1CCC(CN2CCN(c3cc(=O)c4cc(C(F)(F)F)cc([N+](=O)[O-])c4s3)CC2)CC1. The zero-order chi connectivity index (χ0) is 26.3. The summed E-state index contributed by atoms with van der Waals surface area (Å²) in [6.07, 6.45) is -0.879. The van der Waals surface area contributed by atoms with E-state index in [-0.39, 0.29) is 16.2 Å². The van der Waals surface area contributed by atoms with Crippen molar-refractivity contribution in [2.24, 2.45) is 5.92 Å². The molecule has 36 heavy (non-hydrogen) atoms. The summed E-state index contributed by atoms with van der Waals surface area (Å²) in [4.78, 5) is 27.5. The highest BCUT2D eigenvalue weighted by atomic mass is 32.2. The second kappa shape index (κ2) is 10.2. The van der Waals surface area contributed by atoms with Crippen LogP contribution in [0.3, 0.4) is 0 Å². The van der Waals surface area contributed by atoms with Gasteiger partial charge in [0.1, 0.15) is 4.70 Å². The lowest BCUT2D eigenvalue weighted by molar-refractivity contribution is -0.383. The maximum absolute atomic E-state index is 13.2. The summed E-state index contributed by atoms with van der Waals surface area (Å²) in [6, 6.07) is 2.42. The van der Waals surface area contributed by atoms with Gasteiger partial charge in [-0.25, -0.2) is 0 Å². The number of non-ortho nitro benzene ring substituents is 1. The molecule has 0 radical (unpaired) electrons. The monoisotopic (exact) mass is 549 g/mol. The number of nitro benzene ring substituents is 1. The zero-order valence-electron chi connectivity index (χ0n) is 19.5. The molecule has 198 valence electrons. The Balaban J connectivity index is 1.42. The number of halogens is 3. The summed E-state index contributed by atoms with van der Waals surface area (Å²) in [5.74, 6) is 0.429. The first-order chi connectivity index (χ1) is 16.8. The van der Waals surface area contributed by atoms with Gasteiger partial charge in [0.25, 0.3) is 15.8 Å². The molecule has 1 saturated carbocycles. The minimum atomic E-state index is -4.80. The van der Waals surface area contributed by atoms with Crippen molar-refractivity contribution in [3.63, 3.8) is 0 Å². The smallest absolute Gasteiger partial charge is 0.361 e. The number of piperazine rings is 1. The van der Waals surface area contributed by atoms with Crippen molar-refractivity contribution in [3.05, 3.63) is 44.1 Å². The first-order valence-electron chi connectivity index (χ1n) is 11.5. The van der Waals surface area contributed by atoms with Gasteiger partial charge in [-0.2, -0.15) is 21.6 Å². The topological polar surface area (TPSA) is 110 Å². The predicted molar refractivity (Wildman–Crippen MR) is 130 cm³/mol. The highest BCUT2D eigenvalue weighted by Crippen LogP contribution is 2.39. The molecule has 1 saturated heterocycles. The first kappa shape index (κ1) is 26.8. The van der Waals surface area contributed by atoms with E-state index in [9.17, 15) is 36.5 Å². The molecule has 9 nitrogen and oxygen atoms in total. The highest BCUT2D eigenvalue weighted by Gasteiger charge is 2.34. The molecule has 14 heteroatoms. The van der Waals surface area contributed by atoms with Gasteiger partial charge >= 0.3 is 6.18 Å². The number of hydrogen-bond donors (Lipinski definition) is 0. The molecule has 2 aliphatic rings. The normalized spacial score (nSPS) is 22.2. The van der Waals surface area contributed by atoms with Gasteiger partial charge in [-0.1, -0.05) is 0 Å². The summed E-state index contributed by atoms with van der Waals surface area (Å²) in [5.41, 5.74) is -2.62. The Morgan fingerprint density at radius 3 is 2.31 bits per heavy atom. The van der Waals surface area contributed by atoms with Crippen LogP contribution in [0.1, 0.15) is 31.2 Å². The second-order valence-electron chi connectivity index (χ2n) is 9.31. The Kier molecular flexibility index (Phi) is 7.60. The minimum Gasteiger partial charge on any atom is -0.361 e. The third kappa shape index (κ3) is 6.33. The zero-order valence-corrected chi connectivity index (χ0v) is 21.1. The van der Waals surface area contributed by atoms with Crippen LogP contribution in [-0.4, -0.2) is 63.3 Å².